The molecule has 2 aliphatic rings. The molecular weight excluding hydrogens is 180 g/mol. The molecule has 0 N–H and O–H groups in total. The molecule has 0 heteroatoms. The molecule has 2 aliphatic carbocycles. The highest BCUT2D eigenvalue weighted by atomic mass is 14.3. The third-order valence-electron chi connectivity index (χ3n) is 3.77. The third kappa shape index (κ3) is 1.71. The monoisotopic (exact) mass is 202 g/mol. The molecule has 0 unspecified atom stereocenters. The van der Waals surface area contributed by atoms with Gasteiger partial charge in [0.05, 0.1) is 0 Å². The Kier molecular flexibility index (Phi) is 3.14. The van der Waals surface area contributed by atoms with Crippen LogP contribution in [0.25, 0.3) is 0 Å². The number of hydrogen-bond donors (Lipinski definition) is 0. The average Bonchev–Trinajstić information content (AvgIpc) is 2.89. The molecule has 3 rings (SSSR count). The second-order valence-corrected chi connectivity index (χ2v) is 4.48. The van der Waals surface area contributed by atoms with Crippen LogP contribution in [0.3, 0.4) is 0 Å². The predicted octanol–water partition coefficient (Wildman–Crippen LogP) is 4.00. The smallest absolute Gasteiger partial charge is 0.0270 e. The van der Waals surface area contributed by atoms with Gasteiger partial charge in [-0.25, -0.2) is 0 Å². The summed E-state index contributed by atoms with van der Waals surface area (Å²) in [5.74, 6) is 0. The van der Waals surface area contributed by atoms with E-state index < -0.39 is 0 Å². The van der Waals surface area contributed by atoms with E-state index in [-0.39, 0.29) is 0 Å². The van der Waals surface area contributed by atoms with Crippen molar-refractivity contribution in [3.8, 4) is 0 Å². The van der Waals surface area contributed by atoms with E-state index in [0.717, 1.165) is 0 Å². The maximum absolute atomic E-state index is 2.50. The molecule has 0 spiro atoms. The van der Waals surface area contributed by atoms with Crippen LogP contribution in [0, 0.1) is 6.92 Å². The first-order valence-electron chi connectivity index (χ1n) is 6.49. The van der Waals surface area contributed by atoms with Crippen LogP contribution < -0.4 is 0 Å². The van der Waals surface area contributed by atoms with Crippen molar-refractivity contribution in [3.63, 3.8) is 0 Å². The van der Waals surface area contributed by atoms with Gasteiger partial charge >= 0.3 is 0 Å². The quantitative estimate of drug-likeness (QED) is 0.596. The topological polar surface area (TPSA) is 0 Å². The zero-order valence-electron chi connectivity index (χ0n) is 10.3. The summed E-state index contributed by atoms with van der Waals surface area (Å²) in [5, 5.41) is 0. The number of fused-ring (bicyclic) bond motifs is 2. The van der Waals surface area contributed by atoms with Crippen LogP contribution in [0.2, 0.25) is 0 Å². The minimum Gasteiger partial charge on any atom is -0.0683 e. The van der Waals surface area contributed by atoms with Crippen LogP contribution in [0.4, 0.5) is 0 Å². The van der Waals surface area contributed by atoms with Gasteiger partial charge in [0.2, 0.25) is 0 Å². The first kappa shape index (κ1) is 10.7. The zero-order valence-corrected chi connectivity index (χ0v) is 10.3. The summed E-state index contributed by atoms with van der Waals surface area (Å²) in [7, 11) is 0. The van der Waals surface area contributed by atoms with Crippen LogP contribution >= 0.6 is 0 Å². The highest BCUT2D eigenvalue weighted by Gasteiger charge is 2.21. The molecule has 0 heterocycles. The van der Waals surface area contributed by atoms with Gasteiger partial charge in [-0.05, 0) is 73.3 Å². The molecule has 0 saturated heterocycles. The van der Waals surface area contributed by atoms with Gasteiger partial charge < -0.3 is 0 Å². The lowest BCUT2D eigenvalue weighted by atomic mass is 9.95. The first-order valence-corrected chi connectivity index (χ1v) is 6.49. The Labute approximate surface area is 93.7 Å². The molecule has 0 aromatic heterocycles. The standard InChI is InChI=1S/C13H16.C2H6/c1-9-12-6-2-4-10(12)8-11-5-3-7-13(9)11;1-2/h8H,2-7H2,1H3;1-2H3. The minimum absolute atomic E-state index is 1.34. The van der Waals surface area contributed by atoms with Gasteiger partial charge in [-0.15, -0.1) is 0 Å². The normalized spacial score (nSPS) is 16.7. The first-order chi connectivity index (χ1) is 7.36. The fourth-order valence-electron chi connectivity index (χ4n) is 3.10. The Hall–Kier alpha value is -0.780. The Balaban J connectivity index is 0.000000404. The summed E-state index contributed by atoms with van der Waals surface area (Å²) >= 11 is 0. The van der Waals surface area contributed by atoms with Gasteiger partial charge in [-0.3, -0.25) is 0 Å². The zero-order chi connectivity index (χ0) is 10.8. The van der Waals surface area contributed by atoms with Crippen molar-refractivity contribution in [2.75, 3.05) is 0 Å². The van der Waals surface area contributed by atoms with Gasteiger partial charge in [0.15, 0.2) is 0 Å². The summed E-state index contributed by atoms with van der Waals surface area (Å²) in [4.78, 5) is 0. The van der Waals surface area contributed by atoms with Crippen molar-refractivity contribution in [1.82, 2.24) is 0 Å². The van der Waals surface area contributed by atoms with E-state index in [0.29, 0.717) is 0 Å². The molecule has 0 radical (unpaired) electrons. The summed E-state index contributed by atoms with van der Waals surface area (Å²) in [5.41, 5.74) is 8.36. The van der Waals surface area contributed by atoms with E-state index in [1.807, 2.05) is 13.8 Å². The van der Waals surface area contributed by atoms with Crippen molar-refractivity contribution in [2.45, 2.75) is 59.3 Å². The Bertz CT molecular complexity index is 329. The van der Waals surface area contributed by atoms with Gasteiger partial charge in [-0.1, -0.05) is 19.9 Å². The second kappa shape index (κ2) is 4.38. The number of aryl methyl sites for hydroxylation is 2. The highest BCUT2D eigenvalue weighted by molar-refractivity contribution is 5.49. The fraction of sp³-hybridized carbons (Fsp3) is 0.600. The molecule has 0 nitrogen and oxygen atoms in total. The van der Waals surface area contributed by atoms with Crippen molar-refractivity contribution in [2.24, 2.45) is 0 Å². The lowest BCUT2D eigenvalue weighted by molar-refractivity contribution is 0.893. The van der Waals surface area contributed by atoms with Gasteiger partial charge in [0.25, 0.3) is 0 Å². The number of hydrogen-bond acceptors (Lipinski definition) is 0. The Morgan fingerprint density at radius 1 is 0.800 bits per heavy atom. The lowest BCUT2D eigenvalue weighted by Crippen LogP contribution is -1.95. The second-order valence-electron chi connectivity index (χ2n) is 4.48. The van der Waals surface area contributed by atoms with Crippen molar-refractivity contribution in [1.29, 1.82) is 0 Å². The van der Waals surface area contributed by atoms with Crippen molar-refractivity contribution < 1.29 is 0 Å². The number of rotatable bonds is 0. The van der Waals surface area contributed by atoms with E-state index in [9.17, 15) is 0 Å². The van der Waals surface area contributed by atoms with Crippen LogP contribution in [0.15, 0.2) is 6.07 Å². The summed E-state index contributed by atoms with van der Waals surface area (Å²) in [6.45, 7) is 6.34. The lowest BCUT2D eigenvalue weighted by Gasteiger charge is -2.10. The summed E-state index contributed by atoms with van der Waals surface area (Å²) in [6, 6.07) is 2.50. The third-order valence-corrected chi connectivity index (χ3v) is 3.77. The molecule has 0 aliphatic heterocycles. The maximum Gasteiger partial charge on any atom is -0.0270 e. The molecule has 82 valence electrons. The van der Waals surface area contributed by atoms with Crippen molar-refractivity contribution >= 4 is 0 Å². The molecule has 1 aromatic rings. The summed E-state index contributed by atoms with van der Waals surface area (Å²) < 4.78 is 0. The Morgan fingerprint density at radius 2 is 1.27 bits per heavy atom. The largest absolute Gasteiger partial charge is 0.0683 e. The van der Waals surface area contributed by atoms with Crippen LogP contribution in [0.1, 0.15) is 54.5 Å². The van der Waals surface area contributed by atoms with E-state index in [1.165, 1.54) is 38.5 Å². The highest BCUT2D eigenvalue weighted by Crippen LogP contribution is 2.34. The fourth-order valence-corrected chi connectivity index (χ4v) is 3.10. The van der Waals surface area contributed by atoms with Gasteiger partial charge in [0, 0.05) is 0 Å². The molecule has 15 heavy (non-hydrogen) atoms. The summed E-state index contributed by atoms with van der Waals surface area (Å²) in [6.07, 6.45) is 8.13. The van der Waals surface area contributed by atoms with E-state index >= 15 is 0 Å². The molecule has 0 atom stereocenters. The average molecular weight is 202 g/mol. The minimum atomic E-state index is 1.34. The maximum atomic E-state index is 2.50. The van der Waals surface area contributed by atoms with Gasteiger partial charge in [-0.2, -0.15) is 0 Å². The van der Waals surface area contributed by atoms with E-state index in [4.69, 9.17) is 0 Å². The van der Waals surface area contributed by atoms with Crippen LogP contribution in [0.5, 0.6) is 0 Å². The SMILES string of the molecule is CC.Cc1c2c(cc3c1CCC3)CCC2. The molecular formula is C15H22. The molecule has 1 aromatic carbocycles. The predicted molar refractivity (Wildman–Crippen MR) is 66.6 cm³/mol. The van der Waals surface area contributed by atoms with Gasteiger partial charge in [0.1, 0.15) is 0 Å². The Morgan fingerprint density at radius 3 is 1.73 bits per heavy atom. The van der Waals surface area contributed by atoms with Crippen LogP contribution in [-0.4, -0.2) is 0 Å². The molecule has 0 fully saturated rings. The molecule has 0 saturated carbocycles. The van der Waals surface area contributed by atoms with E-state index in [1.54, 1.807) is 27.8 Å². The number of benzene rings is 1. The molecule has 0 amide bonds. The van der Waals surface area contributed by atoms with Crippen LogP contribution in [-0.2, 0) is 25.7 Å². The van der Waals surface area contributed by atoms with E-state index in [2.05, 4.69) is 13.0 Å². The molecule has 0 bridgehead atoms. The van der Waals surface area contributed by atoms with Crippen molar-refractivity contribution in [3.05, 3.63) is 33.9 Å².